The summed E-state index contributed by atoms with van der Waals surface area (Å²) < 4.78 is 182. The zero-order chi connectivity index (χ0) is 32.4. The normalized spacial score (nSPS) is 17.4. The van der Waals surface area contributed by atoms with Gasteiger partial charge in [-0.25, -0.2) is 16.8 Å². The van der Waals surface area contributed by atoms with Crippen molar-refractivity contribution in [2.24, 2.45) is 0 Å². The average Bonchev–Trinajstić information content (AvgIpc) is 2.86. The molecule has 3 aromatic rings. The zero-order valence-corrected chi connectivity index (χ0v) is 21.2. The fraction of sp³-hybridized carbons (Fsp3) is 0.0556. The van der Waals surface area contributed by atoms with Crippen LogP contribution in [0.4, 0.5) is 0 Å². The van der Waals surface area contributed by atoms with Gasteiger partial charge in [0.1, 0.15) is 11.5 Å². The van der Waals surface area contributed by atoms with E-state index < -0.39 is 128 Å². The molecule has 9 nitrogen and oxygen atoms in total. The van der Waals surface area contributed by atoms with E-state index in [2.05, 4.69) is 13.4 Å². The summed E-state index contributed by atoms with van der Waals surface area (Å²) in [6.45, 7) is 0. The Hall–Kier alpha value is -0.990. The summed E-state index contributed by atoms with van der Waals surface area (Å²) in [6, 6.07) is -14.5. The largest absolute Gasteiger partial charge is 1.00 e. The van der Waals surface area contributed by atoms with Crippen molar-refractivity contribution in [2.75, 3.05) is 0 Å². The number of rotatable bonds is 7. The molecule has 3 rings (SSSR count). The van der Waals surface area contributed by atoms with Crippen LogP contribution in [0.25, 0.3) is 0 Å². The Kier molecular flexibility index (Phi) is 5.18. The fourth-order valence-electron chi connectivity index (χ4n) is 1.85. The molecular formula is C18H13NNa2O8S2. The predicted molar refractivity (Wildman–Crippen MR) is 98.7 cm³/mol. The van der Waals surface area contributed by atoms with Crippen molar-refractivity contribution in [1.82, 2.24) is 4.98 Å². The topological polar surface area (TPSA) is 146 Å². The quantitative estimate of drug-likeness (QED) is 0.182. The van der Waals surface area contributed by atoms with Gasteiger partial charge in [-0.05, 0) is 47.4 Å². The summed E-state index contributed by atoms with van der Waals surface area (Å²) >= 11 is 0. The molecule has 0 radical (unpaired) electrons. The van der Waals surface area contributed by atoms with Crippen molar-refractivity contribution >= 4 is 20.8 Å². The molecule has 1 heterocycles. The molecule has 0 bridgehead atoms. The molecule has 31 heavy (non-hydrogen) atoms. The van der Waals surface area contributed by atoms with Crippen molar-refractivity contribution in [3.05, 3.63) is 89.5 Å². The van der Waals surface area contributed by atoms with E-state index in [1.54, 1.807) is 0 Å². The van der Waals surface area contributed by atoms with Crippen LogP contribution in [0.5, 0.6) is 11.5 Å². The maximum atomic E-state index is 11.1. The molecule has 0 spiro atoms. The SMILES string of the molecule is [2H]c1nc(C([2H])(c2c([2H])c([2H])c(OS(=O)(=O)[O-])c([2H])c2[2H])c2c([2H])c([2H])c(OS(=O)(=O)[O-])c([2H])c2[2H])c([2H])c([2H])c1[2H].[Na+].[Na+]. The van der Waals surface area contributed by atoms with Gasteiger partial charge < -0.3 is 17.5 Å². The van der Waals surface area contributed by atoms with Gasteiger partial charge in [0, 0.05) is 7.54 Å². The standard InChI is InChI=1S/C18H15NO8S2.2Na/c20-28(21,22)26-15-8-4-13(5-9-15)18(17-3-1-2-12-19-17)14-6-10-16(11-7-14)27-29(23,24)25;;/h1-12,18H,(H,20,21,22)(H,23,24,25);;/q;2*+1/p-2/i1D,2D,3D,4D,5D,6D,7D,8D,9D,10D,11D,12D,18D;;. The molecule has 0 fully saturated rings. The second-order valence-corrected chi connectivity index (χ2v) is 6.68. The maximum Gasteiger partial charge on any atom is 1.00 e. The zero-order valence-electron chi connectivity index (χ0n) is 28.5. The van der Waals surface area contributed by atoms with Gasteiger partial charge in [-0.1, -0.05) is 30.2 Å². The Balaban J connectivity index is 0.00000484. The first-order valence-electron chi connectivity index (χ1n) is 13.4. The fourth-order valence-corrected chi connectivity index (χ4v) is 2.42. The van der Waals surface area contributed by atoms with Crippen molar-refractivity contribution in [2.45, 2.75) is 5.89 Å². The maximum absolute atomic E-state index is 11.1. The van der Waals surface area contributed by atoms with Crippen LogP contribution in [-0.2, 0) is 20.8 Å². The smallest absolute Gasteiger partial charge is 0.716 e. The van der Waals surface area contributed by atoms with Crippen LogP contribution in [0, 0.1) is 0 Å². The second kappa shape index (κ2) is 11.8. The minimum Gasteiger partial charge on any atom is -0.716 e. The summed E-state index contributed by atoms with van der Waals surface area (Å²) in [5.41, 5.74) is -3.77. The first-order valence-corrected chi connectivity index (χ1v) is 9.61. The summed E-state index contributed by atoms with van der Waals surface area (Å²) in [6.07, 6.45) is -1.09. The van der Waals surface area contributed by atoms with E-state index in [0.29, 0.717) is 0 Å². The third-order valence-electron chi connectivity index (χ3n) is 2.78. The average molecular weight is 494 g/mol. The molecule has 0 N–H and O–H groups in total. The molecule has 0 unspecified atom stereocenters. The van der Waals surface area contributed by atoms with Crippen molar-refractivity contribution in [3.63, 3.8) is 0 Å². The van der Waals surface area contributed by atoms with Gasteiger partial charge in [0.15, 0.2) is 0 Å². The van der Waals surface area contributed by atoms with E-state index >= 15 is 0 Å². The molecule has 0 aliphatic carbocycles. The molecule has 0 saturated carbocycles. The number of nitrogens with zero attached hydrogens (tertiary/aromatic N) is 1. The van der Waals surface area contributed by atoms with Gasteiger partial charge in [-0.3, -0.25) is 4.98 Å². The van der Waals surface area contributed by atoms with Gasteiger partial charge in [0.2, 0.25) is 0 Å². The van der Waals surface area contributed by atoms with E-state index in [1.807, 2.05) is 0 Å². The van der Waals surface area contributed by atoms with Crippen molar-refractivity contribution in [3.8, 4) is 11.5 Å². The summed E-state index contributed by atoms with van der Waals surface area (Å²) in [5.74, 6) is -6.35. The first kappa shape index (κ1) is 13.7. The molecule has 0 atom stereocenters. The van der Waals surface area contributed by atoms with Crippen molar-refractivity contribution in [1.29, 1.82) is 0 Å². The minimum absolute atomic E-state index is 0. The van der Waals surface area contributed by atoms with E-state index in [0.717, 1.165) is 0 Å². The number of hydrogen-bond acceptors (Lipinski definition) is 9. The van der Waals surface area contributed by atoms with E-state index in [1.165, 1.54) is 0 Å². The Labute approximate surface area is 242 Å². The molecule has 1 aromatic heterocycles. The summed E-state index contributed by atoms with van der Waals surface area (Å²) in [5, 5.41) is 0. The monoisotopic (exact) mass is 494 g/mol. The van der Waals surface area contributed by atoms with E-state index in [-0.39, 0.29) is 59.1 Å². The van der Waals surface area contributed by atoms with Crippen LogP contribution in [0.3, 0.4) is 0 Å². The number of aromatic nitrogens is 1. The van der Waals surface area contributed by atoms with Crippen LogP contribution < -0.4 is 67.5 Å². The third kappa shape index (κ3) is 8.81. The minimum atomic E-state index is -5.69. The molecule has 2 aromatic carbocycles. The van der Waals surface area contributed by atoms with E-state index in [9.17, 15) is 27.3 Å². The third-order valence-corrected chi connectivity index (χ3v) is 3.52. The van der Waals surface area contributed by atoms with Gasteiger partial charge in [-0.15, -0.1) is 0 Å². The number of pyridine rings is 1. The molecular weight excluding hydrogens is 468 g/mol. The van der Waals surface area contributed by atoms with Crippen LogP contribution in [0.15, 0.2) is 72.6 Å². The Morgan fingerprint density at radius 2 is 1.19 bits per heavy atom. The van der Waals surface area contributed by atoms with Crippen molar-refractivity contribution < 1.29 is 111 Å². The van der Waals surface area contributed by atoms with Crippen LogP contribution in [0.2, 0.25) is 0 Å². The van der Waals surface area contributed by atoms with Crippen LogP contribution in [0.1, 0.15) is 40.5 Å². The number of benzene rings is 2. The summed E-state index contributed by atoms with van der Waals surface area (Å²) in [7, 11) is -11.4. The van der Waals surface area contributed by atoms with Gasteiger partial charge in [0.25, 0.3) is 20.8 Å². The summed E-state index contributed by atoms with van der Waals surface area (Å²) in [4.78, 5) is 3.56. The Morgan fingerprint density at radius 3 is 1.58 bits per heavy atom. The van der Waals surface area contributed by atoms with Gasteiger partial charge in [0.05, 0.1) is 28.0 Å². The molecule has 0 amide bonds. The van der Waals surface area contributed by atoms with Crippen LogP contribution in [-0.4, -0.2) is 30.9 Å². The molecule has 0 aliphatic heterocycles. The van der Waals surface area contributed by atoms with E-state index in [4.69, 9.17) is 16.4 Å². The molecule has 13 heteroatoms. The molecule has 0 saturated heterocycles. The first-order chi connectivity index (χ1) is 19.0. The van der Waals surface area contributed by atoms with Crippen LogP contribution >= 0.6 is 0 Å². The molecule has 152 valence electrons. The predicted octanol–water partition coefficient (Wildman–Crippen LogP) is -4.05. The molecule has 0 aliphatic rings. The van der Waals surface area contributed by atoms with Gasteiger partial charge in [-0.2, -0.15) is 0 Å². The van der Waals surface area contributed by atoms with Gasteiger partial charge >= 0.3 is 59.1 Å². The Morgan fingerprint density at radius 1 is 0.774 bits per heavy atom. The second-order valence-electron chi connectivity index (χ2n) is 4.71. The Bertz CT molecular complexity index is 1740. The number of hydrogen-bond donors (Lipinski definition) is 0.